The molecule has 0 fully saturated rings. The van der Waals surface area contributed by atoms with Crippen LogP contribution in [0.5, 0.6) is 5.75 Å². The predicted molar refractivity (Wildman–Crippen MR) is 201 cm³/mol. The van der Waals surface area contributed by atoms with Crippen molar-refractivity contribution in [1.82, 2.24) is 0 Å². The van der Waals surface area contributed by atoms with E-state index in [0.717, 1.165) is 28.5 Å². The van der Waals surface area contributed by atoms with Gasteiger partial charge >= 0.3 is 0 Å². The lowest BCUT2D eigenvalue weighted by Crippen LogP contribution is -2.33. The van der Waals surface area contributed by atoms with Gasteiger partial charge in [-0.05, 0) is 77.4 Å². The summed E-state index contributed by atoms with van der Waals surface area (Å²) < 4.78 is 9.40. The highest BCUT2D eigenvalue weighted by atomic mass is 32.1. The molecule has 0 radical (unpaired) electrons. The number of benzene rings is 7. The molecule has 2 unspecified atom stereocenters. The number of fused-ring (bicyclic) bond motifs is 8. The maximum absolute atomic E-state index is 6.80. The summed E-state index contributed by atoms with van der Waals surface area (Å²) in [5, 5.41) is 2.57. The minimum absolute atomic E-state index is 0.137. The van der Waals surface area contributed by atoms with Gasteiger partial charge in [0.2, 0.25) is 0 Å². The van der Waals surface area contributed by atoms with Crippen molar-refractivity contribution in [3.05, 3.63) is 181 Å². The van der Waals surface area contributed by atoms with E-state index < -0.39 is 0 Å². The van der Waals surface area contributed by atoms with Crippen molar-refractivity contribution in [2.24, 2.45) is 0 Å². The molecular formula is C44H30N2OS. The van der Waals surface area contributed by atoms with Gasteiger partial charge in [-0.3, -0.25) is 0 Å². The van der Waals surface area contributed by atoms with Crippen LogP contribution in [0.2, 0.25) is 0 Å². The summed E-state index contributed by atoms with van der Waals surface area (Å²) in [6.07, 6.45) is -0.174. The van der Waals surface area contributed by atoms with Crippen molar-refractivity contribution in [2.75, 3.05) is 9.80 Å². The molecule has 0 saturated carbocycles. The van der Waals surface area contributed by atoms with Crippen molar-refractivity contribution in [3.8, 4) is 16.9 Å². The van der Waals surface area contributed by atoms with Gasteiger partial charge in [-0.25, -0.2) is 0 Å². The summed E-state index contributed by atoms with van der Waals surface area (Å²) in [4.78, 5) is 4.83. The molecule has 3 heterocycles. The van der Waals surface area contributed by atoms with E-state index >= 15 is 0 Å². The molecule has 0 amide bonds. The summed E-state index contributed by atoms with van der Waals surface area (Å²) in [6, 6.07) is 61.2. The molecule has 1 aromatic heterocycles. The lowest BCUT2D eigenvalue weighted by atomic mass is 9.93. The predicted octanol–water partition coefficient (Wildman–Crippen LogP) is 12.2. The van der Waals surface area contributed by atoms with Gasteiger partial charge in [0, 0.05) is 42.8 Å². The van der Waals surface area contributed by atoms with E-state index in [4.69, 9.17) is 4.74 Å². The third-order valence-corrected chi connectivity index (χ3v) is 11.0. The average Bonchev–Trinajstić information content (AvgIpc) is 3.81. The van der Waals surface area contributed by atoms with Crippen molar-refractivity contribution in [2.45, 2.75) is 12.1 Å². The molecule has 2 aliphatic rings. The fraction of sp³-hybridized carbons (Fsp3) is 0.0455. The van der Waals surface area contributed by atoms with Gasteiger partial charge in [0.15, 0.2) is 6.23 Å². The summed E-state index contributed by atoms with van der Waals surface area (Å²) in [5.41, 5.74) is 10.6. The second kappa shape index (κ2) is 10.9. The molecule has 4 heteroatoms. The molecular weight excluding hydrogens is 605 g/mol. The molecule has 7 aromatic carbocycles. The summed E-state index contributed by atoms with van der Waals surface area (Å²) in [5.74, 6) is 1.10. The molecule has 0 bridgehead atoms. The number of thiophene rings is 1. The number of hydrogen-bond acceptors (Lipinski definition) is 4. The Labute approximate surface area is 283 Å². The number of para-hydroxylation sites is 4. The van der Waals surface area contributed by atoms with Crippen LogP contribution in [0.1, 0.15) is 17.0 Å². The minimum Gasteiger partial charge on any atom is -0.469 e. The maximum Gasteiger partial charge on any atom is 0.187 e. The largest absolute Gasteiger partial charge is 0.469 e. The van der Waals surface area contributed by atoms with E-state index in [1.165, 1.54) is 48.1 Å². The van der Waals surface area contributed by atoms with E-state index in [1.807, 2.05) is 11.3 Å². The van der Waals surface area contributed by atoms with Crippen LogP contribution in [0.25, 0.3) is 31.3 Å². The van der Waals surface area contributed by atoms with Gasteiger partial charge in [0.05, 0.1) is 17.3 Å². The molecule has 0 N–H and O–H groups in total. The van der Waals surface area contributed by atoms with Crippen molar-refractivity contribution in [3.63, 3.8) is 0 Å². The fourth-order valence-electron chi connectivity index (χ4n) is 7.66. The summed E-state index contributed by atoms with van der Waals surface area (Å²) in [7, 11) is 0. The third-order valence-electron chi connectivity index (χ3n) is 9.81. The van der Waals surface area contributed by atoms with Crippen LogP contribution in [-0.4, -0.2) is 6.23 Å². The molecule has 3 nitrogen and oxygen atoms in total. The monoisotopic (exact) mass is 634 g/mol. The fourth-order valence-corrected chi connectivity index (χ4v) is 8.75. The average molecular weight is 635 g/mol. The first-order valence-corrected chi connectivity index (χ1v) is 17.2. The second-order valence-electron chi connectivity index (χ2n) is 12.5. The number of nitrogens with zero attached hydrogens (tertiary/aromatic N) is 2. The Kier molecular flexibility index (Phi) is 6.18. The second-order valence-corrected chi connectivity index (χ2v) is 13.6. The molecule has 2 aliphatic heterocycles. The van der Waals surface area contributed by atoms with Crippen LogP contribution in [0.4, 0.5) is 28.4 Å². The number of hydrogen-bond donors (Lipinski definition) is 0. The molecule has 228 valence electrons. The third kappa shape index (κ3) is 4.20. The first-order valence-electron chi connectivity index (χ1n) is 16.4. The Morgan fingerprint density at radius 1 is 0.500 bits per heavy atom. The zero-order valence-electron chi connectivity index (χ0n) is 26.0. The van der Waals surface area contributed by atoms with Crippen LogP contribution in [0.3, 0.4) is 0 Å². The van der Waals surface area contributed by atoms with E-state index in [2.05, 4.69) is 180 Å². The summed E-state index contributed by atoms with van der Waals surface area (Å²) in [6.45, 7) is 0. The molecule has 0 spiro atoms. The van der Waals surface area contributed by atoms with Gasteiger partial charge in [-0.2, -0.15) is 0 Å². The highest BCUT2D eigenvalue weighted by Crippen LogP contribution is 2.56. The van der Waals surface area contributed by atoms with Crippen LogP contribution in [-0.2, 0) is 0 Å². The smallest absolute Gasteiger partial charge is 0.187 e. The standard InChI is InChI=1S/C44H30N2OS/c1-2-12-29(13-3-1)30-22-24-31(25-23-30)45(32-26-27-42-36(28-32)33-14-6-11-21-41(33)48-42)38-18-8-9-19-39(38)46-37-17-7-4-15-34(37)43-35-16-5-10-20-40(35)47-44(43)46/h1-28,43-44H. The molecule has 10 rings (SSSR count). The number of ether oxygens (including phenoxy) is 1. The van der Waals surface area contributed by atoms with E-state index in [1.54, 1.807) is 0 Å². The zero-order chi connectivity index (χ0) is 31.6. The van der Waals surface area contributed by atoms with Gasteiger partial charge in [0.25, 0.3) is 0 Å². The van der Waals surface area contributed by atoms with Crippen molar-refractivity contribution < 1.29 is 4.74 Å². The topological polar surface area (TPSA) is 15.7 Å². The normalized spacial score (nSPS) is 16.0. The van der Waals surface area contributed by atoms with Crippen molar-refractivity contribution >= 4 is 59.9 Å². The quantitative estimate of drug-likeness (QED) is 0.187. The van der Waals surface area contributed by atoms with Gasteiger partial charge < -0.3 is 14.5 Å². The summed E-state index contributed by atoms with van der Waals surface area (Å²) >= 11 is 1.85. The van der Waals surface area contributed by atoms with Gasteiger partial charge in [0.1, 0.15) is 5.75 Å². The Hall–Kier alpha value is -5.84. The molecule has 0 saturated heterocycles. The molecule has 48 heavy (non-hydrogen) atoms. The lowest BCUT2D eigenvalue weighted by molar-refractivity contribution is 0.234. The Bertz CT molecular complexity index is 2470. The first kappa shape index (κ1) is 27.3. The lowest BCUT2D eigenvalue weighted by Gasteiger charge is -2.33. The Balaban J connectivity index is 1.17. The number of rotatable bonds is 5. The highest BCUT2D eigenvalue weighted by molar-refractivity contribution is 7.25. The minimum atomic E-state index is -0.174. The molecule has 8 aromatic rings. The SMILES string of the molecule is c1ccc(-c2ccc(N(c3ccc4sc5ccccc5c4c3)c3ccccc3N3c4ccccc4C4c5ccccc5OC43)cc2)cc1. The van der Waals surface area contributed by atoms with E-state index in [-0.39, 0.29) is 12.1 Å². The van der Waals surface area contributed by atoms with Gasteiger partial charge in [-0.15, -0.1) is 11.3 Å². The Morgan fingerprint density at radius 2 is 1.15 bits per heavy atom. The molecule has 2 atom stereocenters. The maximum atomic E-state index is 6.80. The van der Waals surface area contributed by atoms with Crippen molar-refractivity contribution in [1.29, 1.82) is 0 Å². The number of anilines is 5. The van der Waals surface area contributed by atoms with Crippen LogP contribution in [0, 0.1) is 0 Å². The zero-order valence-corrected chi connectivity index (χ0v) is 26.8. The van der Waals surface area contributed by atoms with Crippen LogP contribution in [0.15, 0.2) is 170 Å². The van der Waals surface area contributed by atoms with Crippen LogP contribution < -0.4 is 14.5 Å². The van der Waals surface area contributed by atoms with E-state index in [0.29, 0.717) is 0 Å². The Morgan fingerprint density at radius 3 is 2.02 bits per heavy atom. The molecule has 0 aliphatic carbocycles. The van der Waals surface area contributed by atoms with Crippen LogP contribution >= 0.6 is 11.3 Å². The van der Waals surface area contributed by atoms with Gasteiger partial charge in [-0.1, -0.05) is 109 Å². The first-order chi connectivity index (χ1) is 23.8. The highest BCUT2D eigenvalue weighted by Gasteiger charge is 2.47. The van der Waals surface area contributed by atoms with E-state index in [9.17, 15) is 0 Å².